The van der Waals surface area contributed by atoms with Gasteiger partial charge in [-0.3, -0.25) is 0 Å². The first kappa shape index (κ1) is 13.6. The van der Waals surface area contributed by atoms with Gasteiger partial charge < -0.3 is 5.66 Å². The van der Waals surface area contributed by atoms with Crippen LogP contribution >= 0.6 is 0 Å². The first-order valence-corrected chi connectivity index (χ1v) is 9.86. The molecule has 0 amide bonds. The Kier molecular flexibility index (Phi) is 6.50. The maximum absolute atomic E-state index is 2.63. The minimum atomic E-state index is -0.929. The molecule has 0 saturated heterocycles. The van der Waals surface area contributed by atoms with E-state index in [9.17, 15) is 0 Å². The molecule has 58 valence electrons. The normalized spacial score (nSPS) is 12.0. The van der Waals surface area contributed by atoms with Crippen LogP contribution in [0.25, 0.3) is 0 Å². The summed E-state index contributed by atoms with van der Waals surface area (Å²) in [6.45, 7) is 12.0. The zero-order valence-electron chi connectivity index (χ0n) is 9.52. The van der Waals surface area contributed by atoms with E-state index in [4.69, 9.17) is 0 Å². The van der Waals surface area contributed by atoms with Crippen LogP contribution in [-0.4, -0.2) is 28.5 Å². The van der Waals surface area contributed by atoms with Crippen LogP contribution in [0.4, 0.5) is 0 Å². The molecule has 0 aromatic heterocycles. The van der Waals surface area contributed by atoms with Crippen LogP contribution in [0.2, 0.25) is 32.7 Å². The van der Waals surface area contributed by atoms with E-state index in [1.54, 1.807) is 0 Å². The van der Waals surface area contributed by atoms with E-state index in [1.165, 1.54) is 0 Å². The van der Waals surface area contributed by atoms with Gasteiger partial charge in [0, 0.05) is 0 Å². The van der Waals surface area contributed by atoms with Gasteiger partial charge in [-0.1, -0.05) is 32.7 Å². The maximum atomic E-state index is 2.63. The Labute approximate surface area is 81.6 Å². The quantitative estimate of drug-likeness (QED) is 0.472. The zero-order valence-corrected chi connectivity index (χ0v) is 10.7. The van der Waals surface area contributed by atoms with Crippen molar-refractivity contribution in [3.05, 3.63) is 0 Å². The summed E-state index contributed by atoms with van der Waals surface area (Å²) in [5, 5.41) is 0. The molecule has 1 nitrogen and oxygen atoms in total. The van der Waals surface area contributed by atoms with Gasteiger partial charge in [0.25, 0.3) is 0 Å². The molecule has 0 unspecified atom stereocenters. The van der Waals surface area contributed by atoms with Crippen molar-refractivity contribution < 1.29 is 20.3 Å². The Morgan fingerprint density at radius 1 is 1.20 bits per heavy atom. The molecule has 0 heterocycles. The van der Waals surface area contributed by atoms with Crippen molar-refractivity contribution in [3.8, 4) is 0 Å². The van der Waals surface area contributed by atoms with E-state index in [0.29, 0.717) is 0 Å². The first-order chi connectivity index (χ1) is 3.85. The number of hydrogen-bond acceptors (Lipinski definition) is 1. The molecule has 0 saturated carbocycles. The second-order valence-corrected chi connectivity index (χ2v) is 12.4. The van der Waals surface area contributed by atoms with Crippen LogP contribution in [0, 0.1) is 0 Å². The molecule has 0 radical (unpaired) electrons. The van der Waals surface area contributed by atoms with Crippen molar-refractivity contribution in [3.63, 3.8) is 0 Å². The molecule has 10 heavy (non-hydrogen) atoms. The van der Waals surface area contributed by atoms with Crippen LogP contribution in [-0.2, 0) is 0 Å². The average Bonchev–Trinajstić information content (AvgIpc) is 1.62. The summed E-state index contributed by atoms with van der Waals surface area (Å²) in [6.07, 6.45) is 0. The van der Waals surface area contributed by atoms with E-state index >= 15 is 0 Å². The second-order valence-electron chi connectivity index (χ2n) is 3.88. The van der Waals surface area contributed by atoms with Crippen molar-refractivity contribution in [2.75, 3.05) is 7.05 Å². The second kappa shape index (κ2) is 4.79. The van der Waals surface area contributed by atoms with E-state index in [1.807, 2.05) is 0 Å². The minimum absolute atomic E-state index is 0. The third-order valence-electron chi connectivity index (χ3n) is 1.83. The third kappa shape index (κ3) is 4.75. The fourth-order valence-electron chi connectivity index (χ4n) is 0.775. The molecule has 0 fully saturated rings. The van der Waals surface area contributed by atoms with E-state index in [2.05, 4.69) is 44.0 Å². The summed E-state index contributed by atoms with van der Waals surface area (Å²) in [7, 11) is 0.858. The summed E-state index contributed by atoms with van der Waals surface area (Å²) in [4.78, 5) is 0. The van der Waals surface area contributed by atoms with Gasteiger partial charge in [-0.05, 0) is 7.05 Å². The predicted octanol–water partition coefficient (Wildman–Crippen LogP) is -1.15. The molecular formula is C6H20LiNSi2. The molecule has 0 bridgehead atoms. The topological polar surface area (TPSA) is 3.24 Å². The van der Waals surface area contributed by atoms with Crippen molar-refractivity contribution in [2.24, 2.45) is 0 Å². The molecule has 0 N–H and O–H groups in total. The van der Waals surface area contributed by atoms with Crippen LogP contribution in [0.5, 0.6) is 0 Å². The molecule has 4 heteroatoms. The van der Waals surface area contributed by atoms with Crippen molar-refractivity contribution in [1.82, 2.24) is 4.23 Å². The third-order valence-corrected chi connectivity index (χ3v) is 9.37. The maximum Gasteiger partial charge on any atom is 1.00 e. The van der Waals surface area contributed by atoms with E-state index < -0.39 is 17.2 Å². The summed E-state index contributed by atoms with van der Waals surface area (Å²) in [6, 6.07) is 0. The number of rotatable bonds is 2. The van der Waals surface area contributed by atoms with Gasteiger partial charge in [-0.25, -0.2) is 0 Å². The molecular weight excluding hydrogens is 149 g/mol. The van der Waals surface area contributed by atoms with Crippen LogP contribution in [0.15, 0.2) is 0 Å². The van der Waals surface area contributed by atoms with Gasteiger partial charge >= 0.3 is 18.9 Å². The van der Waals surface area contributed by atoms with Gasteiger partial charge in [0.05, 0.1) is 8.96 Å². The minimum Gasteiger partial charge on any atom is -1.00 e. The molecule has 0 aromatic carbocycles. The SMILES string of the molecule is CN([SiH](C)C)[Si](C)(C)C.[H-].[Li+]. The molecule has 0 rings (SSSR count). The summed E-state index contributed by atoms with van der Waals surface area (Å²) in [5.41, 5.74) is 0. The first-order valence-electron chi connectivity index (χ1n) is 3.58. The van der Waals surface area contributed by atoms with Crippen LogP contribution in [0.3, 0.4) is 0 Å². The van der Waals surface area contributed by atoms with Crippen molar-refractivity contribution >= 4 is 17.2 Å². The van der Waals surface area contributed by atoms with E-state index in [-0.39, 0.29) is 20.3 Å². The van der Waals surface area contributed by atoms with Gasteiger partial charge in [-0.15, -0.1) is 0 Å². The summed E-state index contributed by atoms with van der Waals surface area (Å²) in [5.74, 6) is 0. The summed E-state index contributed by atoms with van der Waals surface area (Å²) >= 11 is 0. The molecule has 0 aliphatic carbocycles. The monoisotopic (exact) mass is 169 g/mol. The number of hydrogen-bond donors (Lipinski definition) is 0. The van der Waals surface area contributed by atoms with Gasteiger partial charge in [-0.2, -0.15) is 0 Å². The van der Waals surface area contributed by atoms with E-state index in [0.717, 1.165) is 0 Å². The van der Waals surface area contributed by atoms with Crippen LogP contribution < -0.4 is 18.9 Å². The number of nitrogens with zero attached hydrogens (tertiary/aromatic N) is 1. The van der Waals surface area contributed by atoms with Crippen molar-refractivity contribution in [2.45, 2.75) is 32.7 Å². The Morgan fingerprint density at radius 2 is 1.50 bits per heavy atom. The average molecular weight is 169 g/mol. The van der Waals surface area contributed by atoms with Gasteiger partial charge in [0.1, 0.15) is 8.24 Å². The van der Waals surface area contributed by atoms with Crippen LogP contribution in [0.1, 0.15) is 1.43 Å². The fraction of sp³-hybridized carbons (Fsp3) is 1.00. The molecule has 0 aliphatic heterocycles. The molecule has 0 spiro atoms. The smallest absolute Gasteiger partial charge is 1.00 e. The summed E-state index contributed by atoms with van der Waals surface area (Å²) < 4.78 is 2.63. The van der Waals surface area contributed by atoms with Gasteiger partial charge in [0.15, 0.2) is 0 Å². The standard InChI is InChI=1S/C6H19NSi2.Li.H/c1-7(8(2)3)9(4,5)6;;/h8H,1-6H3;;/q;+1;-1. The van der Waals surface area contributed by atoms with Gasteiger partial charge in [0.2, 0.25) is 0 Å². The largest absolute Gasteiger partial charge is 1.00 e. The Balaban J connectivity index is -0.000000320. The predicted molar refractivity (Wildman–Crippen MR) is 51.1 cm³/mol. The fourth-order valence-corrected chi connectivity index (χ4v) is 6.97. The molecule has 0 aromatic rings. The molecule has 0 atom stereocenters. The Hall–Kier alpha value is 0.991. The van der Waals surface area contributed by atoms with Crippen molar-refractivity contribution in [1.29, 1.82) is 0 Å². The molecule has 0 aliphatic rings. The Morgan fingerprint density at radius 3 is 1.50 bits per heavy atom. The Bertz CT molecular complexity index is 95.1. The zero-order chi connectivity index (χ0) is 7.65.